The first-order valence-corrected chi connectivity index (χ1v) is 9.49. The van der Waals surface area contributed by atoms with Crippen molar-refractivity contribution >= 4 is 33.4 Å². The predicted octanol–water partition coefficient (Wildman–Crippen LogP) is 3.41. The molecular weight excluding hydrogens is 383 g/mol. The maximum atomic E-state index is 13.1. The molecule has 0 bridgehead atoms. The van der Waals surface area contributed by atoms with Crippen LogP contribution in [0.5, 0.6) is 0 Å². The number of carbonyl (C=O) groups is 2. The molecule has 0 atom stereocenters. The zero-order valence-corrected chi connectivity index (χ0v) is 16.3. The summed E-state index contributed by atoms with van der Waals surface area (Å²) in [7, 11) is 1.32. The van der Waals surface area contributed by atoms with Gasteiger partial charge in [0.05, 0.1) is 29.5 Å². The van der Waals surface area contributed by atoms with Gasteiger partial charge in [0.25, 0.3) is 5.91 Å². The summed E-state index contributed by atoms with van der Waals surface area (Å²) in [4.78, 5) is 29.0. The number of benzene rings is 2. The molecule has 6 nitrogen and oxygen atoms in total. The van der Waals surface area contributed by atoms with E-state index in [1.807, 2.05) is 11.5 Å². The normalized spacial score (nSPS) is 11.8. The second-order valence-electron chi connectivity index (χ2n) is 5.83. The molecule has 0 fully saturated rings. The fourth-order valence-electron chi connectivity index (χ4n) is 2.66. The van der Waals surface area contributed by atoms with Gasteiger partial charge in [-0.1, -0.05) is 11.3 Å². The molecule has 1 aromatic heterocycles. The van der Waals surface area contributed by atoms with Crippen LogP contribution in [-0.4, -0.2) is 36.8 Å². The Bertz CT molecular complexity index is 1070. The molecule has 8 heteroatoms. The molecule has 0 aliphatic heterocycles. The Hall–Kier alpha value is -2.84. The summed E-state index contributed by atoms with van der Waals surface area (Å²) in [5, 5.41) is 0. The average molecular weight is 402 g/mol. The highest BCUT2D eigenvalue weighted by atomic mass is 32.1. The second kappa shape index (κ2) is 8.90. The van der Waals surface area contributed by atoms with Gasteiger partial charge in [-0.3, -0.25) is 4.79 Å². The molecule has 3 rings (SSSR count). The summed E-state index contributed by atoms with van der Waals surface area (Å²) < 4.78 is 26.0. The van der Waals surface area contributed by atoms with Crippen molar-refractivity contribution in [2.24, 2.45) is 4.99 Å². The Labute approximate surface area is 164 Å². The van der Waals surface area contributed by atoms with Crippen molar-refractivity contribution in [1.82, 2.24) is 4.57 Å². The number of nitrogens with zero attached hydrogens (tertiary/aromatic N) is 2. The largest absolute Gasteiger partial charge is 0.465 e. The molecule has 0 aliphatic rings. The first-order chi connectivity index (χ1) is 13.5. The summed E-state index contributed by atoms with van der Waals surface area (Å²) in [5.41, 5.74) is 1.55. The van der Waals surface area contributed by atoms with Gasteiger partial charge in [0.15, 0.2) is 4.80 Å². The number of hydrogen-bond acceptors (Lipinski definition) is 5. The number of hydrogen-bond donors (Lipinski definition) is 0. The molecule has 0 N–H and O–H groups in total. The number of thiazole rings is 1. The van der Waals surface area contributed by atoms with Crippen molar-refractivity contribution in [2.45, 2.75) is 13.5 Å². The third kappa shape index (κ3) is 4.35. The van der Waals surface area contributed by atoms with Gasteiger partial charge in [0.1, 0.15) is 5.82 Å². The molecule has 0 radical (unpaired) electrons. The fraction of sp³-hybridized carbons (Fsp3) is 0.250. The van der Waals surface area contributed by atoms with Gasteiger partial charge in [0.2, 0.25) is 0 Å². The van der Waals surface area contributed by atoms with Crippen molar-refractivity contribution in [3.8, 4) is 0 Å². The van der Waals surface area contributed by atoms with Gasteiger partial charge in [-0.2, -0.15) is 4.99 Å². The van der Waals surface area contributed by atoms with Gasteiger partial charge in [0, 0.05) is 18.7 Å². The van der Waals surface area contributed by atoms with E-state index in [-0.39, 0.29) is 0 Å². The minimum Gasteiger partial charge on any atom is -0.465 e. The number of ether oxygens (including phenoxy) is 2. The van der Waals surface area contributed by atoms with Crippen molar-refractivity contribution < 1.29 is 23.5 Å². The van der Waals surface area contributed by atoms with E-state index < -0.39 is 17.7 Å². The highest BCUT2D eigenvalue weighted by Gasteiger charge is 2.13. The Morgan fingerprint density at radius 3 is 2.54 bits per heavy atom. The molecule has 146 valence electrons. The van der Waals surface area contributed by atoms with Crippen molar-refractivity contribution in [3.63, 3.8) is 0 Å². The van der Waals surface area contributed by atoms with Crippen molar-refractivity contribution in [2.75, 3.05) is 20.3 Å². The molecule has 3 aromatic rings. The number of rotatable bonds is 6. The van der Waals surface area contributed by atoms with Gasteiger partial charge in [-0.15, -0.1) is 0 Å². The molecule has 2 aromatic carbocycles. The van der Waals surface area contributed by atoms with Crippen LogP contribution in [0.3, 0.4) is 0 Å². The Kier molecular flexibility index (Phi) is 6.33. The smallest absolute Gasteiger partial charge is 0.337 e. The Balaban J connectivity index is 2.07. The lowest BCUT2D eigenvalue weighted by Crippen LogP contribution is -2.19. The molecule has 0 aliphatic carbocycles. The van der Waals surface area contributed by atoms with Crippen molar-refractivity contribution in [1.29, 1.82) is 0 Å². The number of methoxy groups -OCH3 is 1. The first-order valence-electron chi connectivity index (χ1n) is 8.67. The number of carbonyl (C=O) groups excluding carboxylic acids is 2. The molecule has 28 heavy (non-hydrogen) atoms. The molecular formula is C20H19FN2O4S. The van der Waals surface area contributed by atoms with Gasteiger partial charge >= 0.3 is 5.97 Å². The lowest BCUT2D eigenvalue weighted by atomic mass is 10.2. The van der Waals surface area contributed by atoms with Crippen LogP contribution < -0.4 is 4.80 Å². The van der Waals surface area contributed by atoms with Crippen LogP contribution in [0.1, 0.15) is 27.6 Å². The van der Waals surface area contributed by atoms with E-state index in [4.69, 9.17) is 9.47 Å². The standard InChI is InChI=1S/C20H19FN2O4S/c1-3-27-11-10-23-16-9-6-14(19(25)26-2)12-17(16)28-20(23)22-18(24)13-4-7-15(21)8-5-13/h4-9,12H,3,10-11H2,1-2H3. The van der Waals surface area contributed by atoms with E-state index >= 15 is 0 Å². The summed E-state index contributed by atoms with van der Waals surface area (Å²) in [6, 6.07) is 10.4. The highest BCUT2D eigenvalue weighted by Crippen LogP contribution is 2.20. The van der Waals surface area contributed by atoms with Crippen LogP contribution in [0.25, 0.3) is 10.2 Å². The fourth-order valence-corrected chi connectivity index (χ4v) is 3.76. The van der Waals surface area contributed by atoms with E-state index in [1.54, 1.807) is 18.2 Å². The monoisotopic (exact) mass is 402 g/mol. The number of amides is 1. The third-order valence-electron chi connectivity index (χ3n) is 4.06. The number of halogens is 1. The summed E-state index contributed by atoms with van der Waals surface area (Å²) in [5.74, 6) is -1.32. The van der Waals surface area contributed by atoms with E-state index in [0.29, 0.717) is 35.7 Å². The van der Waals surface area contributed by atoms with Crippen LogP contribution >= 0.6 is 11.3 Å². The van der Waals surface area contributed by atoms with Crippen LogP contribution in [0, 0.1) is 5.82 Å². The Morgan fingerprint density at radius 1 is 1.14 bits per heavy atom. The van der Waals surface area contributed by atoms with E-state index in [2.05, 4.69) is 4.99 Å². The molecule has 0 spiro atoms. The molecule has 1 amide bonds. The number of fused-ring (bicyclic) bond motifs is 1. The highest BCUT2D eigenvalue weighted by molar-refractivity contribution is 7.16. The topological polar surface area (TPSA) is 69.9 Å². The third-order valence-corrected chi connectivity index (χ3v) is 5.10. The molecule has 0 saturated carbocycles. The second-order valence-corrected chi connectivity index (χ2v) is 6.84. The number of aromatic nitrogens is 1. The summed E-state index contributed by atoms with van der Waals surface area (Å²) in [6.07, 6.45) is 0. The molecule has 0 saturated heterocycles. The zero-order chi connectivity index (χ0) is 20.1. The SMILES string of the molecule is CCOCCn1c(=NC(=O)c2ccc(F)cc2)sc2cc(C(=O)OC)ccc21. The number of esters is 1. The van der Waals surface area contributed by atoms with Gasteiger partial charge in [-0.05, 0) is 49.4 Å². The minimum absolute atomic E-state index is 0.297. The first kappa shape index (κ1) is 19.9. The Morgan fingerprint density at radius 2 is 1.86 bits per heavy atom. The maximum absolute atomic E-state index is 13.1. The van der Waals surface area contributed by atoms with Gasteiger partial charge < -0.3 is 14.0 Å². The lowest BCUT2D eigenvalue weighted by molar-refractivity contribution is 0.0600. The summed E-state index contributed by atoms with van der Waals surface area (Å²) in [6.45, 7) is 3.44. The summed E-state index contributed by atoms with van der Waals surface area (Å²) >= 11 is 1.29. The van der Waals surface area contributed by atoms with Crippen LogP contribution in [-0.2, 0) is 16.0 Å². The van der Waals surface area contributed by atoms with Crippen LogP contribution in [0.15, 0.2) is 47.5 Å². The average Bonchev–Trinajstić information content (AvgIpc) is 3.04. The van der Waals surface area contributed by atoms with E-state index in [0.717, 1.165) is 10.2 Å². The quantitative estimate of drug-likeness (QED) is 0.468. The lowest BCUT2D eigenvalue weighted by Gasteiger charge is -2.06. The van der Waals surface area contributed by atoms with Crippen LogP contribution in [0.2, 0.25) is 0 Å². The van der Waals surface area contributed by atoms with E-state index in [1.165, 1.54) is 42.7 Å². The van der Waals surface area contributed by atoms with Gasteiger partial charge in [-0.25, -0.2) is 9.18 Å². The predicted molar refractivity (Wildman–Crippen MR) is 104 cm³/mol. The molecule has 0 unspecified atom stereocenters. The van der Waals surface area contributed by atoms with Crippen molar-refractivity contribution in [3.05, 3.63) is 64.2 Å². The van der Waals surface area contributed by atoms with Crippen LogP contribution in [0.4, 0.5) is 4.39 Å². The maximum Gasteiger partial charge on any atom is 0.337 e. The zero-order valence-electron chi connectivity index (χ0n) is 15.5. The minimum atomic E-state index is -0.468. The van der Waals surface area contributed by atoms with E-state index in [9.17, 15) is 14.0 Å². The molecule has 1 heterocycles.